The highest BCUT2D eigenvalue weighted by molar-refractivity contribution is 6.30. The van der Waals surface area contributed by atoms with E-state index in [1.165, 1.54) is 6.20 Å². The van der Waals surface area contributed by atoms with Crippen LogP contribution in [0.1, 0.15) is 28.5 Å². The number of aromatic nitrogens is 3. The number of hydrogen-bond donors (Lipinski definition) is 1. The number of halogens is 1. The fourth-order valence-corrected chi connectivity index (χ4v) is 3.47. The van der Waals surface area contributed by atoms with Crippen LogP contribution in [0.25, 0.3) is 0 Å². The van der Waals surface area contributed by atoms with Gasteiger partial charge in [-0.25, -0.2) is 0 Å². The summed E-state index contributed by atoms with van der Waals surface area (Å²) in [5.41, 5.74) is 8.96. The number of pyridine rings is 1. The highest BCUT2D eigenvalue weighted by Crippen LogP contribution is 2.24. The molecular formula is C17H23ClN6O. The van der Waals surface area contributed by atoms with E-state index in [0.29, 0.717) is 10.7 Å². The quantitative estimate of drug-likeness (QED) is 0.870. The fourth-order valence-electron chi connectivity index (χ4n) is 3.26. The lowest BCUT2D eigenvalue weighted by Crippen LogP contribution is -2.46. The number of carbonyl (C=O) groups is 1. The van der Waals surface area contributed by atoms with Gasteiger partial charge in [-0.1, -0.05) is 18.5 Å². The molecule has 2 aromatic heterocycles. The lowest BCUT2D eigenvalue weighted by Gasteiger charge is -2.36. The Kier molecular flexibility index (Phi) is 5.24. The Hall–Kier alpha value is -2.12. The molecule has 0 unspecified atom stereocenters. The summed E-state index contributed by atoms with van der Waals surface area (Å²) in [5, 5.41) is 5.19. The first kappa shape index (κ1) is 17.7. The van der Waals surface area contributed by atoms with Gasteiger partial charge in [-0.15, -0.1) is 0 Å². The summed E-state index contributed by atoms with van der Waals surface area (Å²) in [6.45, 7) is 6.30. The molecule has 1 fully saturated rings. The van der Waals surface area contributed by atoms with Crippen molar-refractivity contribution in [2.45, 2.75) is 19.9 Å². The second-order valence-corrected chi connectivity index (χ2v) is 6.57. The van der Waals surface area contributed by atoms with Crippen LogP contribution in [0.2, 0.25) is 5.15 Å². The molecule has 0 atom stereocenters. The summed E-state index contributed by atoms with van der Waals surface area (Å²) in [5.74, 6) is -0.444. The number of carbonyl (C=O) groups excluding carboxylic acids is 1. The summed E-state index contributed by atoms with van der Waals surface area (Å²) in [6.07, 6.45) is 4.10. The van der Waals surface area contributed by atoms with Crippen molar-refractivity contribution in [2.24, 2.45) is 12.8 Å². The molecule has 0 aromatic carbocycles. The molecule has 1 amide bonds. The maximum Gasteiger partial charge on any atom is 0.252 e. The van der Waals surface area contributed by atoms with Gasteiger partial charge >= 0.3 is 0 Å². The van der Waals surface area contributed by atoms with E-state index in [1.54, 1.807) is 10.9 Å². The molecule has 0 saturated carbocycles. The molecule has 8 heteroatoms. The zero-order valence-corrected chi connectivity index (χ0v) is 15.3. The van der Waals surface area contributed by atoms with Gasteiger partial charge in [0, 0.05) is 57.7 Å². The summed E-state index contributed by atoms with van der Waals surface area (Å²) < 4.78 is 1.74. The van der Waals surface area contributed by atoms with Crippen molar-refractivity contribution in [3.63, 3.8) is 0 Å². The molecular weight excluding hydrogens is 340 g/mol. The number of nitrogens with two attached hydrogens (primary N) is 1. The molecule has 2 aromatic rings. The third kappa shape index (κ3) is 3.62. The van der Waals surface area contributed by atoms with Crippen LogP contribution >= 0.6 is 11.6 Å². The van der Waals surface area contributed by atoms with Crippen molar-refractivity contribution in [1.29, 1.82) is 0 Å². The largest absolute Gasteiger partial charge is 0.368 e. The molecule has 0 aliphatic carbocycles. The Bertz CT molecular complexity index is 766. The molecule has 7 nitrogen and oxygen atoms in total. The molecule has 1 aliphatic rings. The maximum absolute atomic E-state index is 11.6. The normalized spacial score (nSPS) is 15.6. The molecule has 0 spiro atoms. The number of rotatable bonds is 5. The first-order valence-electron chi connectivity index (χ1n) is 8.42. The topological polar surface area (TPSA) is 80.3 Å². The predicted molar refractivity (Wildman–Crippen MR) is 97.8 cm³/mol. The van der Waals surface area contributed by atoms with Crippen LogP contribution in [0, 0.1) is 0 Å². The predicted octanol–water partition coefficient (Wildman–Crippen LogP) is 1.45. The van der Waals surface area contributed by atoms with Crippen LogP contribution in [0.15, 0.2) is 18.5 Å². The van der Waals surface area contributed by atoms with E-state index in [9.17, 15) is 4.79 Å². The highest BCUT2D eigenvalue weighted by atomic mass is 35.5. The van der Waals surface area contributed by atoms with Gasteiger partial charge in [0.15, 0.2) is 0 Å². The van der Waals surface area contributed by atoms with Gasteiger partial charge < -0.3 is 10.6 Å². The number of nitrogens with zero attached hydrogens (tertiary/aromatic N) is 5. The molecule has 134 valence electrons. The first-order chi connectivity index (χ1) is 12.0. The summed E-state index contributed by atoms with van der Waals surface area (Å²) >= 11 is 6.40. The van der Waals surface area contributed by atoms with Crippen molar-refractivity contribution >= 4 is 23.2 Å². The van der Waals surface area contributed by atoms with Gasteiger partial charge in [0.2, 0.25) is 0 Å². The molecule has 0 radical (unpaired) electrons. The Morgan fingerprint density at radius 1 is 1.32 bits per heavy atom. The van der Waals surface area contributed by atoms with Crippen LogP contribution < -0.4 is 10.6 Å². The van der Waals surface area contributed by atoms with Gasteiger partial charge in [-0.3, -0.25) is 19.4 Å². The second-order valence-electron chi connectivity index (χ2n) is 6.21. The molecule has 0 bridgehead atoms. The van der Waals surface area contributed by atoms with Crippen LogP contribution in [0.3, 0.4) is 0 Å². The zero-order valence-electron chi connectivity index (χ0n) is 14.6. The molecule has 25 heavy (non-hydrogen) atoms. The van der Waals surface area contributed by atoms with E-state index in [2.05, 4.69) is 26.8 Å². The Morgan fingerprint density at radius 3 is 2.68 bits per heavy atom. The lowest BCUT2D eigenvalue weighted by atomic mass is 10.1. The minimum atomic E-state index is -0.444. The third-order valence-electron chi connectivity index (χ3n) is 4.65. The van der Waals surface area contributed by atoms with E-state index < -0.39 is 5.91 Å². The van der Waals surface area contributed by atoms with Crippen LogP contribution in [0.5, 0.6) is 0 Å². The van der Waals surface area contributed by atoms with Gasteiger partial charge in [0.25, 0.3) is 5.91 Å². The molecule has 1 aliphatic heterocycles. The third-order valence-corrected chi connectivity index (χ3v) is 5.12. The molecule has 2 N–H and O–H groups in total. The van der Waals surface area contributed by atoms with Gasteiger partial charge in [0.05, 0.1) is 16.9 Å². The standard InChI is InChI=1S/C17H23ClN6O/c1-3-14-13(16(18)22(2)21-14)11-23-6-8-24(9-7-23)15-4-5-20-10-12(15)17(19)25/h4-5,10H,3,6-9,11H2,1-2H3,(H2,19,25). The van der Waals surface area contributed by atoms with Crippen LogP contribution in [-0.4, -0.2) is 51.8 Å². The minimum Gasteiger partial charge on any atom is -0.368 e. The number of amides is 1. The van der Waals surface area contributed by atoms with Crippen molar-refractivity contribution < 1.29 is 4.79 Å². The monoisotopic (exact) mass is 362 g/mol. The van der Waals surface area contributed by atoms with E-state index in [4.69, 9.17) is 17.3 Å². The Labute approximate surface area is 152 Å². The van der Waals surface area contributed by atoms with Gasteiger partial charge in [0.1, 0.15) is 5.15 Å². The molecule has 1 saturated heterocycles. The minimum absolute atomic E-state index is 0.444. The van der Waals surface area contributed by atoms with Crippen LogP contribution in [-0.2, 0) is 20.0 Å². The number of anilines is 1. The fraction of sp³-hybridized carbons (Fsp3) is 0.471. The van der Waals surface area contributed by atoms with Gasteiger partial charge in [-0.2, -0.15) is 5.10 Å². The molecule has 3 heterocycles. The number of hydrogen-bond acceptors (Lipinski definition) is 5. The van der Waals surface area contributed by atoms with Crippen molar-refractivity contribution in [3.05, 3.63) is 40.4 Å². The van der Waals surface area contributed by atoms with Gasteiger partial charge in [-0.05, 0) is 12.5 Å². The van der Waals surface area contributed by atoms with E-state index in [1.807, 2.05) is 13.1 Å². The number of aryl methyl sites for hydroxylation is 2. The Morgan fingerprint density at radius 2 is 2.04 bits per heavy atom. The van der Waals surface area contributed by atoms with E-state index in [0.717, 1.165) is 56.1 Å². The average Bonchev–Trinajstić information content (AvgIpc) is 2.90. The van der Waals surface area contributed by atoms with E-state index >= 15 is 0 Å². The first-order valence-corrected chi connectivity index (χ1v) is 8.80. The zero-order chi connectivity index (χ0) is 18.0. The van der Waals surface area contributed by atoms with Crippen molar-refractivity contribution in [3.8, 4) is 0 Å². The van der Waals surface area contributed by atoms with E-state index in [-0.39, 0.29) is 0 Å². The SMILES string of the molecule is CCc1nn(C)c(Cl)c1CN1CCN(c2ccncc2C(N)=O)CC1. The number of piperazine rings is 1. The van der Waals surface area contributed by atoms with Crippen LogP contribution in [0.4, 0.5) is 5.69 Å². The molecule has 3 rings (SSSR count). The summed E-state index contributed by atoms with van der Waals surface area (Å²) in [6, 6.07) is 1.85. The van der Waals surface area contributed by atoms with Crippen molar-refractivity contribution in [2.75, 3.05) is 31.1 Å². The maximum atomic E-state index is 11.6. The summed E-state index contributed by atoms with van der Waals surface area (Å²) in [4.78, 5) is 20.2. The second kappa shape index (κ2) is 7.41. The van der Waals surface area contributed by atoms with Crippen molar-refractivity contribution in [1.82, 2.24) is 19.7 Å². The smallest absolute Gasteiger partial charge is 0.252 e. The summed E-state index contributed by atoms with van der Waals surface area (Å²) in [7, 11) is 1.87. The average molecular weight is 363 g/mol. The highest BCUT2D eigenvalue weighted by Gasteiger charge is 2.23. The lowest BCUT2D eigenvalue weighted by molar-refractivity contribution is 0.1000. The Balaban J connectivity index is 1.68. The number of primary amides is 1.